The van der Waals surface area contributed by atoms with Crippen LogP contribution in [0.15, 0.2) is 0 Å². The normalized spacial score (nSPS) is 16.1. The smallest absolute Gasteiger partial charge is 0.314 e. The van der Waals surface area contributed by atoms with Crippen molar-refractivity contribution in [1.29, 1.82) is 0 Å². The van der Waals surface area contributed by atoms with E-state index in [1.165, 1.54) is 26.0 Å². The zero-order valence-electron chi connectivity index (χ0n) is 11.3. The van der Waals surface area contributed by atoms with Crippen LogP contribution in [0.1, 0.15) is 6.42 Å². The van der Waals surface area contributed by atoms with Gasteiger partial charge in [-0.05, 0) is 0 Å². The summed E-state index contributed by atoms with van der Waals surface area (Å²) in [7, 11) is 1.05. The van der Waals surface area contributed by atoms with Crippen LogP contribution >= 0.6 is 0 Å². The van der Waals surface area contributed by atoms with Crippen LogP contribution in [0, 0.1) is 0 Å². The Morgan fingerprint density at radius 2 is 1.89 bits per heavy atom. The third-order valence-electron chi connectivity index (χ3n) is 2.93. The molecule has 0 aromatic carbocycles. The summed E-state index contributed by atoms with van der Waals surface area (Å²) in [6.07, 6.45) is -0.0345. The van der Waals surface area contributed by atoms with E-state index < -0.39 is 10.0 Å². The fourth-order valence-electron chi connectivity index (χ4n) is 1.59. The van der Waals surface area contributed by atoms with E-state index in [4.69, 9.17) is 0 Å². The molecule has 0 aromatic heterocycles. The zero-order valence-corrected chi connectivity index (χ0v) is 12.2. The molecule has 0 saturated carbocycles. The van der Waals surface area contributed by atoms with Crippen molar-refractivity contribution in [3.8, 4) is 0 Å². The molecule has 1 aliphatic heterocycles. The SMILES string of the molecule is CNC(=O)NC1CN(C(=O)CCS(=O)(=O)N(C)C)C1. The van der Waals surface area contributed by atoms with Gasteiger partial charge < -0.3 is 15.5 Å². The number of rotatable bonds is 5. The van der Waals surface area contributed by atoms with Gasteiger partial charge in [0, 0.05) is 40.7 Å². The lowest BCUT2D eigenvalue weighted by Crippen LogP contribution is -2.62. The predicted molar refractivity (Wildman–Crippen MR) is 70.1 cm³/mol. The largest absolute Gasteiger partial charge is 0.341 e. The van der Waals surface area contributed by atoms with Crippen LogP contribution in [0.25, 0.3) is 0 Å². The number of nitrogens with one attached hydrogen (secondary N) is 2. The number of hydrogen-bond acceptors (Lipinski definition) is 4. The van der Waals surface area contributed by atoms with Crippen molar-refractivity contribution < 1.29 is 18.0 Å². The third kappa shape index (κ3) is 4.35. The first-order valence-electron chi connectivity index (χ1n) is 5.92. The second kappa shape index (κ2) is 6.20. The van der Waals surface area contributed by atoms with Gasteiger partial charge in [-0.1, -0.05) is 0 Å². The van der Waals surface area contributed by atoms with Crippen molar-refractivity contribution in [3.63, 3.8) is 0 Å². The minimum absolute atomic E-state index is 0.0345. The van der Waals surface area contributed by atoms with E-state index in [0.29, 0.717) is 13.1 Å². The zero-order chi connectivity index (χ0) is 14.6. The van der Waals surface area contributed by atoms with Crippen molar-refractivity contribution in [1.82, 2.24) is 19.8 Å². The molecule has 3 amide bonds. The monoisotopic (exact) mass is 292 g/mol. The summed E-state index contributed by atoms with van der Waals surface area (Å²) in [5, 5.41) is 5.10. The van der Waals surface area contributed by atoms with Crippen molar-refractivity contribution in [3.05, 3.63) is 0 Å². The molecule has 0 unspecified atom stereocenters. The van der Waals surface area contributed by atoms with Gasteiger partial charge in [0.1, 0.15) is 0 Å². The lowest BCUT2D eigenvalue weighted by Gasteiger charge is -2.39. The number of sulfonamides is 1. The van der Waals surface area contributed by atoms with E-state index in [1.54, 1.807) is 0 Å². The minimum Gasteiger partial charge on any atom is -0.341 e. The average Bonchev–Trinajstić information content (AvgIpc) is 2.29. The molecule has 0 spiro atoms. The molecule has 0 atom stereocenters. The highest BCUT2D eigenvalue weighted by atomic mass is 32.2. The van der Waals surface area contributed by atoms with Crippen molar-refractivity contribution in [2.45, 2.75) is 12.5 Å². The molecule has 1 rings (SSSR count). The maximum absolute atomic E-state index is 11.7. The molecule has 1 heterocycles. The van der Waals surface area contributed by atoms with Gasteiger partial charge in [0.05, 0.1) is 11.8 Å². The Hall–Kier alpha value is -1.35. The summed E-state index contributed by atoms with van der Waals surface area (Å²) in [5.74, 6) is -0.400. The molecule has 8 nitrogen and oxygen atoms in total. The summed E-state index contributed by atoms with van der Waals surface area (Å²) in [6, 6.07) is -0.346. The molecule has 2 N–H and O–H groups in total. The number of likely N-dealkylation sites (tertiary alicyclic amines) is 1. The highest BCUT2D eigenvalue weighted by molar-refractivity contribution is 7.89. The highest BCUT2D eigenvalue weighted by Gasteiger charge is 2.31. The lowest BCUT2D eigenvalue weighted by molar-refractivity contribution is -0.135. The van der Waals surface area contributed by atoms with Crippen LogP contribution in [0.2, 0.25) is 0 Å². The quantitative estimate of drug-likeness (QED) is 0.638. The van der Waals surface area contributed by atoms with Crippen LogP contribution in [0.3, 0.4) is 0 Å². The van der Waals surface area contributed by atoms with Gasteiger partial charge in [-0.15, -0.1) is 0 Å². The number of urea groups is 1. The van der Waals surface area contributed by atoms with Crippen LogP contribution in [0.4, 0.5) is 4.79 Å². The summed E-state index contributed by atoms with van der Waals surface area (Å²) in [6.45, 7) is 0.850. The molecular weight excluding hydrogens is 272 g/mol. The minimum atomic E-state index is -3.34. The average molecular weight is 292 g/mol. The third-order valence-corrected chi connectivity index (χ3v) is 4.76. The Bertz CT molecular complexity index is 442. The van der Waals surface area contributed by atoms with E-state index in [2.05, 4.69) is 10.6 Å². The fraction of sp³-hybridized carbons (Fsp3) is 0.800. The molecule has 1 aliphatic rings. The molecule has 110 valence electrons. The van der Waals surface area contributed by atoms with Crippen molar-refractivity contribution >= 4 is 22.0 Å². The number of carbonyl (C=O) groups excluding carboxylic acids is 2. The summed E-state index contributed by atoms with van der Waals surface area (Å²) < 4.78 is 24.1. The number of nitrogens with zero attached hydrogens (tertiary/aromatic N) is 2. The number of amides is 3. The molecule has 19 heavy (non-hydrogen) atoms. The van der Waals surface area contributed by atoms with Crippen molar-refractivity contribution in [2.75, 3.05) is 40.0 Å². The Labute approximate surface area is 113 Å². The highest BCUT2D eigenvalue weighted by Crippen LogP contribution is 2.10. The Morgan fingerprint density at radius 1 is 1.32 bits per heavy atom. The maximum Gasteiger partial charge on any atom is 0.314 e. The molecule has 0 radical (unpaired) electrons. The molecular formula is C10H20N4O4S. The topological polar surface area (TPSA) is 98.8 Å². The van der Waals surface area contributed by atoms with Crippen LogP contribution in [-0.4, -0.2) is 75.6 Å². The molecule has 0 bridgehead atoms. The van der Waals surface area contributed by atoms with Crippen molar-refractivity contribution in [2.24, 2.45) is 0 Å². The Balaban J connectivity index is 2.29. The maximum atomic E-state index is 11.7. The Kier molecular flexibility index (Phi) is 5.12. The second-order valence-corrected chi connectivity index (χ2v) is 6.87. The van der Waals surface area contributed by atoms with Crippen LogP contribution in [-0.2, 0) is 14.8 Å². The van der Waals surface area contributed by atoms with Gasteiger partial charge in [-0.2, -0.15) is 0 Å². The summed E-state index contributed by atoms with van der Waals surface area (Å²) in [4.78, 5) is 24.3. The lowest BCUT2D eigenvalue weighted by atomic mass is 10.1. The van der Waals surface area contributed by atoms with E-state index in [9.17, 15) is 18.0 Å². The molecule has 1 saturated heterocycles. The van der Waals surface area contributed by atoms with Gasteiger partial charge in [-0.3, -0.25) is 4.79 Å². The number of carbonyl (C=O) groups is 2. The van der Waals surface area contributed by atoms with Crippen LogP contribution in [0.5, 0.6) is 0 Å². The second-order valence-electron chi connectivity index (χ2n) is 4.57. The van der Waals surface area contributed by atoms with Gasteiger partial charge in [0.2, 0.25) is 15.9 Å². The van der Waals surface area contributed by atoms with Gasteiger partial charge >= 0.3 is 6.03 Å². The molecule has 9 heteroatoms. The fourth-order valence-corrected chi connectivity index (χ4v) is 2.39. The molecule has 0 aliphatic carbocycles. The molecule has 1 fully saturated rings. The van der Waals surface area contributed by atoms with E-state index in [0.717, 1.165) is 4.31 Å². The predicted octanol–water partition coefficient (Wildman–Crippen LogP) is -1.59. The first kappa shape index (κ1) is 15.7. The summed E-state index contributed by atoms with van der Waals surface area (Å²) in [5.41, 5.74) is 0. The molecule has 0 aromatic rings. The Morgan fingerprint density at radius 3 is 2.37 bits per heavy atom. The first-order chi connectivity index (χ1) is 8.76. The van der Waals surface area contributed by atoms with Gasteiger partial charge in [-0.25, -0.2) is 17.5 Å². The van der Waals surface area contributed by atoms with Crippen LogP contribution < -0.4 is 10.6 Å². The number of hydrogen-bond donors (Lipinski definition) is 2. The summed E-state index contributed by atoms with van der Waals surface area (Å²) >= 11 is 0. The van der Waals surface area contributed by atoms with E-state index >= 15 is 0 Å². The first-order valence-corrected chi connectivity index (χ1v) is 7.53. The van der Waals surface area contributed by atoms with E-state index in [1.807, 2.05) is 0 Å². The standard InChI is InChI=1S/C10H20N4O4S/c1-11-10(16)12-8-6-14(7-8)9(15)4-5-19(17,18)13(2)3/h8H,4-7H2,1-3H3,(H2,11,12,16). The van der Waals surface area contributed by atoms with E-state index in [-0.39, 0.29) is 30.2 Å². The van der Waals surface area contributed by atoms with Gasteiger partial charge in [0.25, 0.3) is 0 Å². The van der Waals surface area contributed by atoms with Gasteiger partial charge in [0.15, 0.2) is 0 Å².